The molecule has 7 heteroatoms. The van der Waals surface area contributed by atoms with Crippen LogP contribution in [0.4, 0.5) is 5.82 Å². The maximum Gasteiger partial charge on any atom is 0.335 e. The summed E-state index contributed by atoms with van der Waals surface area (Å²) in [6.45, 7) is 2.15. The standard InChI is InChI=1S/C19H22N4O3/c24-18(22-8-5-14-1-3-16(4-2-14)19(25)26)15-6-11-23(12-7-15)17-13-20-9-10-21-17/h1-4,9-10,13,15H,5-8,11-12H2,(H,22,24)(H,25,26). The molecule has 2 aromatic rings. The molecule has 2 N–H and O–H groups in total. The fraction of sp³-hybridized carbons (Fsp3) is 0.368. The van der Waals surface area contributed by atoms with E-state index in [0.717, 1.165) is 37.3 Å². The van der Waals surface area contributed by atoms with Gasteiger partial charge in [0.25, 0.3) is 0 Å². The Bertz CT molecular complexity index is 741. The number of carboxylic acids is 1. The number of benzene rings is 1. The first kappa shape index (κ1) is 17.8. The summed E-state index contributed by atoms with van der Waals surface area (Å²) in [5.41, 5.74) is 1.28. The van der Waals surface area contributed by atoms with Gasteiger partial charge in [-0.1, -0.05) is 12.1 Å². The van der Waals surface area contributed by atoms with Gasteiger partial charge in [-0.3, -0.25) is 9.78 Å². The van der Waals surface area contributed by atoms with Crippen LogP contribution in [0.25, 0.3) is 0 Å². The van der Waals surface area contributed by atoms with E-state index < -0.39 is 5.97 Å². The van der Waals surface area contributed by atoms with E-state index in [9.17, 15) is 9.59 Å². The summed E-state index contributed by atoms with van der Waals surface area (Å²) in [6, 6.07) is 6.74. The van der Waals surface area contributed by atoms with Crippen molar-refractivity contribution in [3.63, 3.8) is 0 Å². The first-order valence-electron chi connectivity index (χ1n) is 8.74. The number of carbonyl (C=O) groups is 2. The molecule has 0 radical (unpaired) electrons. The molecule has 2 heterocycles. The van der Waals surface area contributed by atoms with Gasteiger partial charge in [-0.25, -0.2) is 9.78 Å². The van der Waals surface area contributed by atoms with E-state index in [4.69, 9.17) is 5.11 Å². The molecule has 7 nitrogen and oxygen atoms in total. The molecule has 1 fully saturated rings. The summed E-state index contributed by atoms with van der Waals surface area (Å²) >= 11 is 0. The number of anilines is 1. The fourth-order valence-corrected chi connectivity index (χ4v) is 3.11. The summed E-state index contributed by atoms with van der Waals surface area (Å²) in [6.07, 6.45) is 7.36. The number of aromatic nitrogens is 2. The molecule has 0 bridgehead atoms. The molecular formula is C19H22N4O3. The first-order chi connectivity index (χ1) is 12.6. The van der Waals surface area contributed by atoms with Crippen LogP contribution in [-0.4, -0.2) is 46.6 Å². The number of rotatable bonds is 6. The molecule has 26 heavy (non-hydrogen) atoms. The molecule has 1 aliphatic heterocycles. The second kappa shape index (κ2) is 8.42. The Morgan fingerprint density at radius 1 is 1.15 bits per heavy atom. The Hall–Kier alpha value is -2.96. The van der Waals surface area contributed by atoms with E-state index in [-0.39, 0.29) is 17.4 Å². The zero-order chi connectivity index (χ0) is 18.4. The maximum absolute atomic E-state index is 12.3. The number of piperidine rings is 1. The van der Waals surface area contributed by atoms with Crippen molar-refractivity contribution in [2.24, 2.45) is 5.92 Å². The smallest absolute Gasteiger partial charge is 0.335 e. The van der Waals surface area contributed by atoms with Gasteiger partial charge in [-0.15, -0.1) is 0 Å². The Morgan fingerprint density at radius 3 is 2.50 bits per heavy atom. The highest BCUT2D eigenvalue weighted by Gasteiger charge is 2.25. The van der Waals surface area contributed by atoms with Gasteiger partial charge in [0.15, 0.2) is 0 Å². The van der Waals surface area contributed by atoms with E-state index in [2.05, 4.69) is 20.2 Å². The summed E-state index contributed by atoms with van der Waals surface area (Å²) in [5, 5.41) is 11.9. The molecule has 0 spiro atoms. The summed E-state index contributed by atoms with van der Waals surface area (Å²) in [7, 11) is 0. The van der Waals surface area contributed by atoms with E-state index >= 15 is 0 Å². The zero-order valence-electron chi connectivity index (χ0n) is 14.5. The van der Waals surface area contributed by atoms with E-state index in [1.54, 1.807) is 42.9 Å². The van der Waals surface area contributed by atoms with Crippen molar-refractivity contribution in [2.45, 2.75) is 19.3 Å². The number of carboxylic acid groups (broad SMARTS) is 1. The predicted molar refractivity (Wildman–Crippen MR) is 97.1 cm³/mol. The number of nitrogens with zero attached hydrogens (tertiary/aromatic N) is 3. The number of nitrogens with one attached hydrogen (secondary N) is 1. The molecule has 1 aliphatic rings. The highest BCUT2D eigenvalue weighted by atomic mass is 16.4. The third kappa shape index (κ3) is 4.56. The van der Waals surface area contributed by atoms with Gasteiger partial charge in [0.2, 0.25) is 5.91 Å². The lowest BCUT2D eigenvalue weighted by molar-refractivity contribution is -0.125. The number of carbonyl (C=O) groups excluding carboxylic acids is 1. The lowest BCUT2D eigenvalue weighted by atomic mass is 9.96. The second-order valence-electron chi connectivity index (χ2n) is 6.37. The van der Waals surface area contributed by atoms with Crippen molar-refractivity contribution in [1.82, 2.24) is 15.3 Å². The van der Waals surface area contributed by atoms with Gasteiger partial charge in [0.05, 0.1) is 11.8 Å². The minimum absolute atomic E-state index is 0.0253. The maximum atomic E-state index is 12.3. The number of aromatic carboxylic acids is 1. The SMILES string of the molecule is O=C(O)c1ccc(CCNC(=O)C2CCN(c3cnccn3)CC2)cc1. The normalized spacial score (nSPS) is 14.8. The molecular weight excluding hydrogens is 332 g/mol. The molecule has 1 aromatic heterocycles. The summed E-state index contributed by atoms with van der Waals surface area (Å²) in [5.74, 6) is 0.0390. The van der Waals surface area contributed by atoms with Crippen molar-refractivity contribution in [3.8, 4) is 0 Å². The lowest BCUT2D eigenvalue weighted by Crippen LogP contribution is -2.41. The molecule has 0 aliphatic carbocycles. The van der Waals surface area contributed by atoms with Crippen LogP contribution in [0.2, 0.25) is 0 Å². The monoisotopic (exact) mass is 354 g/mol. The number of hydrogen-bond donors (Lipinski definition) is 2. The number of amides is 1. The Balaban J connectivity index is 1.41. The van der Waals surface area contributed by atoms with Crippen LogP contribution in [0.1, 0.15) is 28.8 Å². The van der Waals surface area contributed by atoms with Crippen molar-refractivity contribution >= 4 is 17.7 Å². The minimum atomic E-state index is -0.933. The Labute approximate surface area is 152 Å². The van der Waals surface area contributed by atoms with Crippen molar-refractivity contribution < 1.29 is 14.7 Å². The molecule has 1 saturated heterocycles. The van der Waals surface area contributed by atoms with Crippen LogP contribution < -0.4 is 10.2 Å². The van der Waals surface area contributed by atoms with Gasteiger partial charge in [0.1, 0.15) is 5.82 Å². The Kier molecular flexibility index (Phi) is 5.78. The van der Waals surface area contributed by atoms with Crippen LogP contribution >= 0.6 is 0 Å². The molecule has 3 rings (SSSR count). The lowest BCUT2D eigenvalue weighted by Gasteiger charge is -2.31. The van der Waals surface area contributed by atoms with Crippen LogP contribution in [0.15, 0.2) is 42.9 Å². The second-order valence-corrected chi connectivity index (χ2v) is 6.37. The number of hydrogen-bond acceptors (Lipinski definition) is 5. The van der Waals surface area contributed by atoms with Crippen LogP contribution in [0.3, 0.4) is 0 Å². The molecule has 1 amide bonds. The topological polar surface area (TPSA) is 95.4 Å². The van der Waals surface area contributed by atoms with Crippen LogP contribution in [0.5, 0.6) is 0 Å². The predicted octanol–water partition coefficient (Wildman–Crippen LogP) is 1.75. The van der Waals surface area contributed by atoms with Gasteiger partial charge in [-0.2, -0.15) is 0 Å². The van der Waals surface area contributed by atoms with Crippen LogP contribution in [-0.2, 0) is 11.2 Å². The highest BCUT2D eigenvalue weighted by molar-refractivity contribution is 5.87. The molecule has 1 aromatic carbocycles. The van der Waals surface area contributed by atoms with Gasteiger partial charge < -0.3 is 15.3 Å². The minimum Gasteiger partial charge on any atom is -0.478 e. The van der Waals surface area contributed by atoms with E-state index in [1.807, 2.05) is 0 Å². The van der Waals surface area contributed by atoms with Crippen molar-refractivity contribution in [2.75, 3.05) is 24.5 Å². The summed E-state index contributed by atoms with van der Waals surface area (Å²) in [4.78, 5) is 33.7. The molecule has 0 saturated carbocycles. The average molecular weight is 354 g/mol. The quantitative estimate of drug-likeness (QED) is 0.821. The third-order valence-corrected chi connectivity index (χ3v) is 4.65. The molecule has 0 unspecified atom stereocenters. The van der Waals surface area contributed by atoms with Crippen molar-refractivity contribution in [3.05, 3.63) is 54.0 Å². The summed E-state index contributed by atoms with van der Waals surface area (Å²) < 4.78 is 0. The fourth-order valence-electron chi connectivity index (χ4n) is 3.11. The zero-order valence-corrected chi connectivity index (χ0v) is 14.5. The molecule has 0 atom stereocenters. The average Bonchev–Trinajstić information content (AvgIpc) is 2.69. The molecule has 136 valence electrons. The van der Waals surface area contributed by atoms with Crippen molar-refractivity contribution in [1.29, 1.82) is 0 Å². The van der Waals surface area contributed by atoms with Gasteiger partial charge in [-0.05, 0) is 37.0 Å². The third-order valence-electron chi connectivity index (χ3n) is 4.65. The van der Waals surface area contributed by atoms with E-state index in [0.29, 0.717) is 13.0 Å². The Morgan fingerprint density at radius 2 is 1.88 bits per heavy atom. The van der Waals surface area contributed by atoms with Crippen LogP contribution in [0, 0.1) is 5.92 Å². The first-order valence-corrected chi connectivity index (χ1v) is 8.74. The van der Waals surface area contributed by atoms with Gasteiger partial charge >= 0.3 is 5.97 Å². The van der Waals surface area contributed by atoms with E-state index in [1.165, 1.54) is 0 Å². The highest BCUT2D eigenvalue weighted by Crippen LogP contribution is 2.21. The van der Waals surface area contributed by atoms with Gasteiger partial charge in [0, 0.05) is 37.9 Å². The largest absolute Gasteiger partial charge is 0.478 e.